The normalized spacial score (nSPS) is 15.4. The summed E-state index contributed by atoms with van der Waals surface area (Å²) in [5.41, 5.74) is 1.70. The lowest BCUT2D eigenvalue weighted by molar-refractivity contribution is -0.138. The highest BCUT2D eigenvalue weighted by Gasteiger charge is 2.28. The van der Waals surface area contributed by atoms with Crippen LogP contribution in [0.2, 0.25) is 0 Å². The number of thiazole rings is 1. The SMILES string of the molecule is O=C(O)CN(C(=O)NCc1cncs1)C1CCCC1. The molecule has 1 aromatic rings. The van der Waals surface area contributed by atoms with Crippen LogP contribution in [0.15, 0.2) is 11.7 Å². The van der Waals surface area contributed by atoms with Gasteiger partial charge < -0.3 is 15.3 Å². The Balaban J connectivity index is 1.92. The Morgan fingerprint density at radius 2 is 2.21 bits per heavy atom. The second-order valence-corrected chi connectivity index (χ2v) is 5.56. The van der Waals surface area contributed by atoms with E-state index in [0.717, 1.165) is 30.6 Å². The molecule has 2 amide bonds. The lowest BCUT2D eigenvalue weighted by Crippen LogP contribution is -2.47. The number of aliphatic carboxylic acids is 1. The number of carbonyl (C=O) groups is 2. The minimum atomic E-state index is -0.972. The van der Waals surface area contributed by atoms with E-state index in [0.29, 0.717) is 6.54 Å². The molecule has 0 radical (unpaired) electrons. The Morgan fingerprint density at radius 3 is 2.79 bits per heavy atom. The quantitative estimate of drug-likeness (QED) is 0.861. The molecule has 0 unspecified atom stereocenters. The van der Waals surface area contributed by atoms with Crippen molar-refractivity contribution in [2.45, 2.75) is 38.3 Å². The van der Waals surface area contributed by atoms with Gasteiger partial charge in [-0.3, -0.25) is 9.78 Å². The predicted octanol–water partition coefficient (Wildman–Crippen LogP) is 1.68. The smallest absolute Gasteiger partial charge is 0.323 e. The van der Waals surface area contributed by atoms with E-state index in [2.05, 4.69) is 10.3 Å². The van der Waals surface area contributed by atoms with Gasteiger partial charge in [-0.2, -0.15) is 0 Å². The van der Waals surface area contributed by atoms with Crippen molar-refractivity contribution in [2.75, 3.05) is 6.54 Å². The zero-order valence-electron chi connectivity index (χ0n) is 10.5. The van der Waals surface area contributed by atoms with Crippen LogP contribution < -0.4 is 5.32 Å². The zero-order chi connectivity index (χ0) is 13.7. The van der Waals surface area contributed by atoms with Gasteiger partial charge in [-0.1, -0.05) is 12.8 Å². The lowest BCUT2D eigenvalue weighted by Gasteiger charge is -2.27. The third kappa shape index (κ3) is 3.92. The van der Waals surface area contributed by atoms with Crippen LogP contribution in [0.25, 0.3) is 0 Å². The van der Waals surface area contributed by atoms with Gasteiger partial charge in [0, 0.05) is 17.1 Å². The molecule has 0 spiro atoms. The topological polar surface area (TPSA) is 82.5 Å². The van der Waals surface area contributed by atoms with Gasteiger partial charge in [0.2, 0.25) is 0 Å². The third-order valence-electron chi connectivity index (χ3n) is 3.23. The van der Waals surface area contributed by atoms with Gasteiger partial charge in [0.05, 0.1) is 12.1 Å². The Morgan fingerprint density at radius 1 is 1.47 bits per heavy atom. The zero-order valence-corrected chi connectivity index (χ0v) is 11.4. The van der Waals surface area contributed by atoms with Crippen molar-refractivity contribution in [1.82, 2.24) is 15.2 Å². The first-order valence-electron chi connectivity index (χ1n) is 6.30. The lowest BCUT2D eigenvalue weighted by atomic mass is 10.2. The van der Waals surface area contributed by atoms with Gasteiger partial charge in [-0.15, -0.1) is 11.3 Å². The van der Waals surface area contributed by atoms with Crippen LogP contribution in [0, 0.1) is 0 Å². The van der Waals surface area contributed by atoms with Crippen LogP contribution in [0.4, 0.5) is 4.79 Å². The molecule has 6 nitrogen and oxygen atoms in total. The van der Waals surface area contributed by atoms with E-state index in [4.69, 9.17) is 5.11 Å². The van der Waals surface area contributed by atoms with Crippen molar-refractivity contribution in [1.29, 1.82) is 0 Å². The number of urea groups is 1. The predicted molar refractivity (Wildman–Crippen MR) is 70.9 cm³/mol. The van der Waals surface area contributed by atoms with Crippen molar-refractivity contribution in [3.63, 3.8) is 0 Å². The number of nitrogens with one attached hydrogen (secondary N) is 1. The molecule has 1 heterocycles. The highest BCUT2D eigenvalue weighted by Crippen LogP contribution is 2.23. The first-order chi connectivity index (χ1) is 9.16. The van der Waals surface area contributed by atoms with E-state index in [9.17, 15) is 9.59 Å². The number of hydrogen-bond donors (Lipinski definition) is 2. The van der Waals surface area contributed by atoms with Gasteiger partial charge in [-0.05, 0) is 12.8 Å². The summed E-state index contributed by atoms with van der Waals surface area (Å²) in [5.74, 6) is -0.972. The Labute approximate surface area is 115 Å². The van der Waals surface area contributed by atoms with E-state index < -0.39 is 5.97 Å². The van der Waals surface area contributed by atoms with Gasteiger partial charge in [0.1, 0.15) is 6.54 Å². The molecule has 0 aliphatic heterocycles. The first kappa shape index (κ1) is 13.8. The van der Waals surface area contributed by atoms with Gasteiger partial charge in [-0.25, -0.2) is 4.79 Å². The van der Waals surface area contributed by atoms with Crippen LogP contribution in [-0.4, -0.2) is 39.6 Å². The van der Waals surface area contributed by atoms with Crippen LogP contribution in [0.3, 0.4) is 0 Å². The van der Waals surface area contributed by atoms with E-state index >= 15 is 0 Å². The van der Waals surface area contributed by atoms with E-state index in [-0.39, 0.29) is 18.6 Å². The molecule has 1 saturated carbocycles. The molecule has 7 heteroatoms. The second-order valence-electron chi connectivity index (χ2n) is 4.59. The van der Waals surface area contributed by atoms with E-state index in [1.54, 1.807) is 11.7 Å². The summed E-state index contributed by atoms with van der Waals surface area (Å²) in [6.07, 6.45) is 5.59. The molecule has 0 atom stereocenters. The number of hydrogen-bond acceptors (Lipinski definition) is 4. The molecule has 0 bridgehead atoms. The molecule has 2 N–H and O–H groups in total. The van der Waals surface area contributed by atoms with E-state index in [1.807, 2.05) is 0 Å². The summed E-state index contributed by atoms with van der Waals surface area (Å²) in [7, 11) is 0. The standard InChI is InChI=1S/C12H17N3O3S/c16-11(17)7-15(9-3-1-2-4-9)12(18)14-6-10-5-13-8-19-10/h5,8-9H,1-4,6-7H2,(H,14,18)(H,16,17). The fourth-order valence-electron chi connectivity index (χ4n) is 2.32. The van der Waals surface area contributed by atoms with Crippen molar-refractivity contribution in [3.8, 4) is 0 Å². The van der Waals surface area contributed by atoms with Crippen LogP contribution >= 0.6 is 11.3 Å². The molecule has 19 heavy (non-hydrogen) atoms. The number of nitrogens with zero attached hydrogens (tertiary/aromatic N) is 2. The molecule has 0 aromatic carbocycles. The van der Waals surface area contributed by atoms with Crippen molar-refractivity contribution >= 4 is 23.3 Å². The van der Waals surface area contributed by atoms with Crippen LogP contribution in [0.1, 0.15) is 30.6 Å². The summed E-state index contributed by atoms with van der Waals surface area (Å²) in [6, 6.07) is -0.250. The number of carbonyl (C=O) groups excluding carboxylic acids is 1. The average molecular weight is 283 g/mol. The Hall–Kier alpha value is -1.63. The summed E-state index contributed by atoms with van der Waals surface area (Å²) < 4.78 is 0. The molecule has 1 fully saturated rings. The monoisotopic (exact) mass is 283 g/mol. The maximum Gasteiger partial charge on any atom is 0.323 e. The molecule has 1 aliphatic rings. The van der Waals surface area contributed by atoms with E-state index in [1.165, 1.54) is 16.2 Å². The number of carboxylic acid groups (broad SMARTS) is 1. The maximum atomic E-state index is 12.1. The number of carboxylic acids is 1. The fraction of sp³-hybridized carbons (Fsp3) is 0.583. The molecule has 1 aliphatic carbocycles. The summed E-state index contributed by atoms with van der Waals surface area (Å²) >= 11 is 1.46. The molecule has 0 saturated heterocycles. The van der Waals surface area contributed by atoms with Gasteiger partial charge in [0.25, 0.3) is 0 Å². The highest BCUT2D eigenvalue weighted by molar-refractivity contribution is 7.09. The minimum absolute atomic E-state index is 0.0533. The molecule has 104 valence electrons. The minimum Gasteiger partial charge on any atom is -0.480 e. The van der Waals surface area contributed by atoms with Gasteiger partial charge in [0.15, 0.2) is 0 Å². The molecular formula is C12H17N3O3S. The maximum absolute atomic E-state index is 12.1. The van der Waals surface area contributed by atoms with Crippen LogP contribution in [0.5, 0.6) is 0 Å². The summed E-state index contributed by atoms with van der Waals surface area (Å²) in [4.78, 5) is 29.3. The Bertz CT molecular complexity index is 429. The summed E-state index contributed by atoms with van der Waals surface area (Å²) in [5, 5.41) is 11.7. The fourth-order valence-corrected chi connectivity index (χ4v) is 2.86. The highest BCUT2D eigenvalue weighted by atomic mass is 32.1. The van der Waals surface area contributed by atoms with Gasteiger partial charge >= 0.3 is 12.0 Å². The average Bonchev–Trinajstić information content (AvgIpc) is 3.05. The third-order valence-corrected chi connectivity index (χ3v) is 4.01. The van der Waals surface area contributed by atoms with Crippen molar-refractivity contribution in [2.24, 2.45) is 0 Å². The molecule has 1 aromatic heterocycles. The second kappa shape index (κ2) is 6.51. The molecular weight excluding hydrogens is 266 g/mol. The number of aromatic nitrogens is 1. The number of rotatable bonds is 5. The molecule has 2 rings (SSSR count). The summed E-state index contributed by atoms with van der Waals surface area (Å²) in [6.45, 7) is 0.158. The first-order valence-corrected chi connectivity index (χ1v) is 7.18. The Kier molecular flexibility index (Phi) is 4.73. The number of amides is 2. The largest absolute Gasteiger partial charge is 0.480 e. The van der Waals surface area contributed by atoms with Crippen LogP contribution in [-0.2, 0) is 11.3 Å². The van der Waals surface area contributed by atoms with Crippen molar-refractivity contribution in [3.05, 3.63) is 16.6 Å². The van der Waals surface area contributed by atoms with Crippen molar-refractivity contribution < 1.29 is 14.7 Å².